The molecule has 3 aromatic rings. The van der Waals surface area contributed by atoms with E-state index in [1.807, 2.05) is 31.2 Å². The molecular formula is C15H14FN3. The fourth-order valence-corrected chi connectivity index (χ4v) is 2.13. The summed E-state index contributed by atoms with van der Waals surface area (Å²) in [6.45, 7) is 2.04. The molecule has 0 aliphatic rings. The van der Waals surface area contributed by atoms with Gasteiger partial charge in [-0.05, 0) is 24.6 Å². The molecule has 0 aliphatic heterocycles. The number of halogens is 1. The first kappa shape index (κ1) is 11.7. The summed E-state index contributed by atoms with van der Waals surface area (Å²) in [4.78, 5) is 4.29. The lowest BCUT2D eigenvalue weighted by Crippen LogP contribution is -1.97. The van der Waals surface area contributed by atoms with Gasteiger partial charge in [-0.1, -0.05) is 29.8 Å². The van der Waals surface area contributed by atoms with E-state index in [-0.39, 0.29) is 11.5 Å². The van der Waals surface area contributed by atoms with E-state index in [4.69, 9.17) is 5.73 Å². The van der Waals surface area contributed by atoms with Crippen LogP contribution in [0.5, 0.6) is 0 Å². The van der Waals surface area contributed by atoms with Crippen LogP contribution in [0.3, 0.4) is 0 Å². The summed E-state index contributed by atoms with van der Waals surface area (Å²) in [6.07, 6.45) is 2.33. The topological polar surface area (TPSA) is 43.3 Å². The highest BCUT2D eigenvalue weighted by Crippen LogP contribution is 2.20. The van der Waals surface area contributed by atoms with Gasteiger partial charge in [0, 0.05) is 12.6 Å². The number of anilines is 1. The number of hydrogen-bond acceptors (Lipinski definition) is 2. The molecule has 0 spiro atoms. The van der Waals surface area contributed by atoms with E-state index in [0.29, 0.717) is 17.9 Å². The maximum absolute atomic E-state index is 13.6. The quantitative estimate of drug-likeness (QED) is 0.765. The maximum Gasteiger partial charge on any atom is 0.175 e. The van der Waals surface area contributed by atoms with Crippen LogP contribution < -0.4 is 5.73 Å². The molecule has 2 aromatic heterocycles. The van der Waals surface area contributed by atoms with E-state index >= 15 is 0 Å². The molecule has 3 rings (SSSR count). The minimum absolute atomic E-state index is 0.280. The Bertz CT molecular complexity index is 729. The van der Waals surface area contributed by atoms with Crippen molar-refractivity contribution in [3.63, 3.8) is 0 Å². The first-order valence-corrected chi connectivity index (χ1v) is 6.11. The van der Waals surface area contributed by atoms with Gasteiger partial charge in [-0.3, -0.25) is 4.40 Å². The van der Waals surface area contributed by atoms with Crippen LogP contribution >= 0.6 is 0 Å². The molecule has 0 radical (unpaired) electrons. The van der Waals surface area contributed by atoms with Crippen LogP contribution in [-0.4, -0.2) is 9.38 Å². The third-order valence-electron chi connectivity index (χ3n) is 3.21. The molecule has 0 unspecified atom stereocenters. The van der Waals surface area contributed by atoms with Crippen molar-refractivity contribution in [1.29, 1.82) is 0 Å². The van der Waals surface area contributed by atoms with E-state index < -0.39 is 0 Å². The SMILES string of the molecule is Cc1ccc(Cc2nc3c(F)cccn3c2N)cc1. The Morgan fingerprint density at radius 1 is 1.21 bits per heavy atom. The Hall–Kier alpha value is -2.36. The lowest BCUT2D eigenvalue weighted by molar-refractivity contribution is 0.630. The third kappa shape index (κ3) is 2.05. The van der Waals surface area contributed by atoms with Crippen molar-refractivity contribution in [3.05, 3.63) is 65.2 Å². The van der Waals surface area contributed by atoms with Crippen LogP contribution in [-0.2, 0) is 6.42 Å². The second-order valence-electron chi connectivity index (χ2n) is 4.66. The van der Waals surface area contributed by atoms with Crippen LogP contribution in [0.1, 0.15) is 16.8 Å². The predicted molar refractivity (Wildman–Crippen MR) is 73.5 cm³/mol. The molecule has 2 heterocycles. The van der Waals surface area contributed by atoms with Crippen LogP contribution in [0, 0.1) is 12.7 Å². The van der Waals surface area contributed by atoms with E-state index in [1.54, 1.807) is 16.7 Å². The van der Waals surface area contributed by atoms with E-state index in [9.17, 15) is 4.39 Å². The average Bonchev–Trinajstić information content (AvgIpc) is 2.72. The summed E-state index contributed by atoms with van der Waals surface area (Å²) in [5, 5.41) is 0. The van der Waals surface area contributed by atoms with E-state index in [2.05, 4.69) is 4.98 Å². The van der Waals surface area contributed by atoms with Crippen LogP contribution in [0.2, 0.25) is 0 Å². The molecule has 0 bridgehead atoms. The lowest BCUT2D eigenvalue weighted by atomic mass is 10.1. The monoisotopic (exact) mass is 255 g/mol. The van der Waals surface area contributed by atoms with Gasteiger partial charge in [0.05, 0.1) is 5.69 Å². The molecule has 4 heteroatoms. The summed E-state index contributed by atoms with van der Waals surface area (Å²) in [7, 11) is 0. The molecule has 0 fully saturated rings. The first-order valence-electron chi connectivity index (χ1n) is 6.11. The summed E-state index contributed by atoms with van der Waals surface area (Å²) in [5.74, 6) is 0.138. The first-order chi connectivity index (χ1) is 9.15. The minimum atomic E-state index is -0.357. The fraction of sp³-hybridized carbons (Fsp3) is 0.133. The molecule has 19 heavy (non-hydrogen) atoms. The van der Waals surface area contributed by atoms with Crippen molar-refractivity contribution in [2.75, 3.05) is 5.73 Å². The molecule has 2 N–H and O–H groups in total. The molecule has 0 saturated heterocycles. The van der Waals surface area contributed by atoms with Gasteiger partial charge >= 0.3 is 0 Å². The number of aromatic nitrogens is 2. The Morgan fingerprint density at radius 3 is 2.63 bits per heavy atom. The number of imidazole rings is 1. The third-order valence-corrected chi connectivity index (χ3v) is 3.21. The lowest BCUT2D eigenvalue weighted by Gasteiger charge is -2.00. The van der Waals surface area contributed by atoms with E-state index in [0.717, 1.165) is 5.56 Å². The maximum atomic E-state index is 13.6. The molecule has 0 amide bonds. The molecule has 3 nitrogen and oxygen atoms in total. The summed E-state index contributed by atoms with van der Waals surface area (Å²) < 4.78 is 15.2. The number of nitrogens with two attached hydrogens (primary N) is 1. The van der Waals surface area contributed by atoms with Crippen LogP contribution in [0.25, 0.3) is 5.65 Å². The second kappa shape index (κ2) is 4.39. The average molecular weight is 255 g/mol. The predicted octanol–water partition coefficient (Wildman–Crippen LogP) is 2.95. The smallest absolute Gasteiger partial charge is 0.175 e. The largest absolute Gasteiger partial charge is 0.383 e. The van der Waals surface area contributed by atoms with Gasteiger partial charge in [-0.25, -0.2) is 9.37 Å². The van der Waals surface area contributed by atoms with Crippen molar-refractivity contribution >= 4 is 11.5 Å². The number of rotatable bonds is 2. The normalized spacial score (nSPS) is 11.1. The number of aryl methyl sites for hydroxylation is 1. The van der Waals surface area contributed by atoms with Gasteiger partial charge in [0.2, 0.25) is 0 Å². The number of nitrogen functional groups attached to an aromatic ring is 1. The van der Waals surface area contributed by atoms with Gasteiger partial charge in [-0.15, -0.1) is 0 Å². The number of pyridine rings is 1. The number of benzene rings is 1. The van der Waals surface area contributed by atoms with Crippen LogP contribution in [0.4, 0.5) is 10.2 Å². The summed E-state index contributed by atoms with van der Waals surface area (Å²) in [6, 6.07) is 11.2. The highest BCUT2D eigenvalue weighted by Gasteiger charge is 2.12. The Kier molecular flexibility index (Phi) is 2.71. The number of hydrogen-bond donors (Lipinski definition) is 1. The van der Waals surface area contributed by atoms with Gasteiger partial charge in [0.25, 0.3) is 0 Å². The zero-order valence-corrected chi connectivity index (χ0v) is 10.6. The fourth-order valence-electron chi connectivity index (χ4n) is 2.13. The highest BCUT2D eigenvalue weighted by molar-refractivity contribution is 5.54. The highest BCUT2D eigenvalue weighted by atomic mass is 19.1. The Morgan fingerprint density at radius 2 is 1.95 bits per heavy atom. The Labute approximate surface area is 110 Å². The Balaban J connectivity index is 2.03. The van der Waals surface area contributed by atoms with Crippen molar-refractivity contribution in [3.8, 4) is 0 Å². The van der Waals surface area contributed by atoms with Crippen molar-refractivity contribution in [2.24, 2.45) is 0 Å². The second-order valence-corrected chi connectivity index (χ2v) is 4.66. The number of nitrogens with zero attached hydrogens (tertiary/aromatic N) is 2. The van der Waals surface area contributed by atoms with Crippen molar-refractivity contribution in [1.82, 2.24) is 9.38 Å². The summed E-state index contributed by atoms with van der Waals surface area (Å²) >= 11 is 0. The van der Waals surface area contributed by atoms with E-state index in [1.165, 1.54) is 11.6 Å². The zero-order valence-electron chi connectivity index (χ0n) is 10.6. The van der Waals surface area contributed by atoms with Gasteiger partial charge < -0.3 is 5.73 Å². The van der Waals surface area contributed by atoms with Crippen LogP contribution in [0.15, 0.2) is 42.6 Å². The molecular weight excluding hydrogens is 241 g/mol. The van der Waals surface area contributed by atoms with Gasteiger partial charge in [0.1, 0.15) is 5.82 Å². The molecule has 0 atom stereocenters. The molecule has 0 saturated carbocycles. The van der Waals surface area contributed by atoms with Gasteiger partial charge in [0.15, 0.2) is 11.5 Å². The van der Waals surface area contributed by atoms with Crippen molar-refractivity contribution in [2.45, 2.75) is 13.3 Å². The molecule has 96 valence electrons. The standard InChI is InChI=1S/C15H14FN3/c1-10-4-6-11(7-5-10)9-13-14(17)19-8-2-3-12(16)15(19)18-13/h2-8H,9,17H2,1H3. The molecule has 0 aliphatic carbocycles. The number of fused-ring (bicyclic) bond motifs is 1. The minimum Gasteiger partial charge on any atom is -0.383 e. The van der Waals surface area contributed by atoms with Crippen molar-refractivity contribution < 1.29 is 4.39 Å². The zero-order chi connectivity index (χ0) is 13.4. The summed E-state index contributed by atoms with van der Waals surface area (Å²) in [5.41, 5.74) is 9.32. The van der Waals surface area contributed by atoms with Gasteiger partial charge in [-0.2, -0.15) is 0 Å². The molecule has 1 aromatic carbocycles.